The molecule has 0 radical (unpaired) electrons. The van der Waals surface area contributed by atoms with Gasteiger partial charge in [-0.1, -0.05) is 17.7 Å². The Labute approximate surface area is 108 Å². The Morgan fingerprint density at radius 2 is 2.12 bits per heavy atom. The molecular formula is C9H11BClN3O2S. The normalized spacial score (nSPS) is 9.18. The molecule has 0 fully saturated rings. The van der Waals surface area contributed by atoms with Crippen molar-refractivity contribution in [2.24, 2.45) is 0 Å². The Bertz CT molecular complexity index is 424. The number of pyridine rings is 1. The molecule has 0 aliphatic rings. The minimum Gasteiger partial charge on any atom is -0.423 e. The fraction of sp³-hybridized carbons (Fsp3) is 0.111. The van der Waals surface area contributed by atoms with E-state index in [9.17, 15) is 0 Å². The first kappa shape index (κ1) is 13.9. The standard InChI is InChI=1S/C5H5BClNO2.C4H6N2S/c7-5-2-1-4(3-8-5)6(9)10;1-5-4-6-2-3-7-4/h1-3,9-10H;2-3H,1H3,(H,5,6). The van der Waals surface area contributed by atoms with Gasteiger partial charge in [0.25, 0.3) is 0 Å². The summed E-state index contributed by atoms with van der Waals surface area (Å²) in [4.78, 5) is 7.59. The van der Waals surface area contributed by atoms with Gasteiger partial charge in [0.2, 0.25) is 0 Å². The van der Waals surface area contributed by atoms with Gasteiger partial charge < -0.3 is 15.4 Å². The summed E-state index contributed by atoms with van der Waals surface area (Å²) in [5.41, 5.74) is 0.337. The topological polar surface area (TPSA) is 78.3 Å². The number of halogens is 1. The van der Waals surface area contributed by atoms with Gasteiger partial charge in [0.15, 0.2) is 5.13 Å². The Morgan fingerprint density at radius 3 is 2.47 bits per heavy atom. The second-order valence-corrected chi connectivity index (χ2v) is 4.16. The Balaban J connectivity index is 0.000000181. The van der Waals surface area contributed by atoms with Gasteiger partial charge in [0.1, 0.15) is 5.15 Å². The largest absolute Gasteiger partial charge is 0.490 e. The van der Waals surface area contributed by atoms with Crippen molar-refractivity contribution >= 4 is 40.7 Å². The van der Waals surface area contributed by atoms with Gasteiger partial charge in [-0.15, -0.1) is 11.3 Å². The summed E-state index contributed by atoms with van der Waals surface area (Å²) >= 11 is 7.04. The van der Waals surface area contributed by atoms with Crippen LogP contribution in [-0.4, -0.2) is 34.2 Å². The lowest BCUT2D eigenvalue weighted by Gasteiger charge is -1.95. The third-order valence-corrected chi connectivity index (χ3v) is 2.71. The molecule has 90 valence electrons. The summed E-state index contributed by atoms with van der Waals surface area (Å²) in [5, 5.41) is 23.3. The SMILES string of the molecule is CNc1nccs1.OB(O)c1ccc(Cl)nc1. The van der Waals surface area contributed by atoms with Crippen molar-refractivity contribution < 1.29 is 10.0 Å². The molecule has 0 aliphatic carbocycles. The van der Waals surface area contributed by atoms with E-state index in [4.69, 9.17) is 21.6 Å². The minimum atomic E-state index is -1.47. The van der Waals surface area contributed by atoms with E-state index in [2.05, 4.69) is 15.3 Å². The summed E-state index contributed by atoms with van der Waals surface area (Å²) in [5.74, 6) is 0. The first-order valence-corrected chi connectivity index (χ1v) is 5.94. The second kappa shape index (κ2) is 7.23. The molecule has 0 saturated carbocycles. The third kappa shape index (κ3) is 5.14. The molecule has 0 aliphatic heterocycles. The molecule has 0 unspecified atom stereocenters. The molecule has 2 aromatic heterocycles. The van der Waals surface area contributed by atoms with Crippen molar-refractivity contribution in [1.82, 2.24) is 9.97 Å². The summed E-state index contributed by atoms with van der Waals surface area (Å²) in [7, 11) is 0.392. The summed E-state index contributed by atoms with van der Waals surface area (Å²) in [6, 6.07) is 3.00. The summed E-state index contributed by atoms with van der Waals surface area (Å²) in [6.45, 7) is 0. The van der Waals surface area contributed by atoms with Crippen molar-refractivity contribution in [1.29, 1.82) is 0 Å². The van der Waals surface area contributed by atoms with Crippen LogP contribution in [0.2, 0.25) is 5.15 Å². The minimum absolute atomic E-state index is 0.337. The molecule has 2 aromatic rings. The van der Waals surface area contributed by atoms with Crippen LogP contribution >= 0.6 is 22.9 Å². The monoisotopic (exact) mass is 271 g/mol. The highest BCUT2D eigenvalue weighted by Crippen LogP contribution is 2.07. The van der Waals surface area contributed by atoms with Gasteiger partial charge in [0, 0.05) is 30.3 Å². The van der Waals surface area contributed by atoms with Crippen LogP contribution < -0.4 is 10.8 Å². The van der Waals surface area contributed by atoms with Gasteiger partial charge >= 0.3 is 7.12 Å². The Kier molecular flexibility index (Phi) is 5.92. The second-order valence-electron chi connectivity index (χ2n) is 2.88. The molecule has 17 heavy (non-hydrogen) atoms. The maximum absolute atomic E-state index is 8.59. The van der Waals surface area contributed by atoms with Gasteiger partial charge in [-0.2, -0.15) is 0 Å². The highest BCUT2D eigenvalue weighted by atomic mass is 35.5. The van der Waals surface area contributed by atoms with Crippen LogP contribution in [-0.2, 0) is 0 Å². The molecule has 0 bridgehead atoms. The lowest BCUT2D eigenvalue weighted by Crippen LogP contribution is -2.29. The van der Waals surface area contributed by atoms with Crippen LogP contribution in [0.5, 0.6) is 0 Å². The van der Waals surface area contributed by atoms with Crippen LogP contribution in [0, 0.1) is 0 Å². The molecule has 0 saturated heterocycles. The average Bonchev–Trinajstić information content (AvgIpc) is 2.83. The van der Waals surface area contributed by atoms with E-state index in [0.717, 1.165) is 5.13 Å². The number of nitrogens with zero attached hydrogens (tertiary/aromatic N) is 2. The van der Waals surface area contributed by atoms with E-state index in [1.165, 1.54) is 18.3 Å². The molecule has 8 heteroatoms. The first-order valence-electron chi connectivity index (χ1n) is 4.68. The van der Waals surface area contributed by atoms with Crippen molar-refractivity contribution in [2.45, 2.75) is 0 Å². The van der Waals surface area contributed by atoms with Crippen molar-refractivity contribution in [2.75, 3.05) is 12.4 Å². The quantitative estimate of drug-likeness (QED) is 0.551. The van der Waals surface area contributed by atoms with Gasteiger partial charge in [-0.25, -0.2) is 9.97 Å². The van der Waals surface area contributed by atoms with E-state index in [1.54, 1.807) is 17.5 Å². The molecular weight excluding hydrogens is 260 g/mol. The molecule has 2 heterocycles. The number of thiazole rings is 1. The smallest absolute Gasteiger partial charge is 0.423 e. The van der Waals surface area contributed by atoms with E-state index < -0.39 is 7.12 Å². The average molecular weight is 272 g/mol. The van der Waals surface area contributed by atoms with Gasteiger partial charge in [-0.3, -0.25) is 0 Å². The molecule has 0 amide bonds. The van der Waals surface area contributed by atoms with Crippen LogP contribution in [0.4, 0.5) is 5.13 Å². The Morgan fingerprint density at radius 1 is 1.35 bits per heavy atom. The van der Waals surface area contributed by atoms with Gasteiger partial charge in [0.05, 0.1) is 0 Å². The van der Waals surface area contributed by atoms with Crippen LogP contribution in [0.15, 0.2) is 29.9 Å². The van der Waals surface area contributed by atoms with Crippen LogP contribution in [0.3, 0.4) is 0 Å². The molecule has 3 N–H and O–H groups in total. The van der Waals surface area contributed by atoms with Crippen molar-refractivity contribution in [3.8, 4) is 0 Å². The third-order valence-electron chi connectivity index (χ3n) is 1.69. The molecule has 0 aromatic carbocycles. The number of hydrogen-bond donors (Lipinski definition) is 3. The van der Waals surface area contributed by atoms with E-state index >= 15 is 0 Å². The first-order chi connectivity index (χ1) is 8.13. The van der Waals surface area contributed by atoms with E-state index in [0.29, 0.717) is 10.6 Å². The highest BCUT2D eigenvalue weighted by Gasteiger charge is 2.09. The fourth-order valence-corrected chi connectivity index (χ4v) is 1.49. The maximum atomic E-state index is 8.59. The number of rotatable bonds is 2. The predicted octanol–water partition coefficient (Wildman–Crippen LogP) is 0.600. The predicted molar refractivity (Wildman–Crippen MR) is 70.7 cm³/mol. The Hall–Kier alpha value is -1.15. The molecule has 0 spiro atoms. The van der Waals surface area contributed by atoms with Crippen LogP contribution in [0.1, 0.15) is 0 Å². The lowest BCUT2D eigenvalue weighted by atomic mass is 9.82. The fourth-order valence-electron chi connectivity index (χ4n) is 0.887. The van der Waals surface area contributed by atoms with Crippen molar-refractivity contribution in [3.63, 3.8) is 0 Å². The maximum Gasteiger partial charge on any atom is 0.490 e. The number of aromatic nitrogens is 2. The molecule has 2 rings (SSSR count). The molecule has 5 nitrogen and oxygen atoms in total. The zero-order valence-corrected chi connectivity index (χ0v) is 10.6. The number of hydrogen-bond acceptors (Lipinski definition) is 6. The molecule has 0 atom stereocenters. The zero-order valence-electron chi connectivity index (χ0n) is 9.04. The van der Waals surface area contributed by atoms with E-state index in [-0.39, 0.29) is 0 Å². The van der Waals surface area contributed by atoms with Crippen LogP contribution in [0.25, 0.3) is 0 Å². The summed E-state index contributed by atoms with van der Waals surface area (Å²) < 4.78 is 0. The van der Waals surface area contributed by atoms with Crippen molar-refractivity contribution in [3.05, 3.63) is 35.1 Å². The van der Waals surface area contributed by atoms with Gasteiger partial charge in [-0.05, 0) is 6.07 Å². The zero-order chi connectivity index (χ0) is 12.7. The summed E-state index contributed by atoms with van der Waals surface area (Å²) in [6.07, 6.45) is 3.09. The number of anilines is 1. The lowest BCUT2D eigenvalue weighted by molar-refractivity contribution is 0.425. The highest BCUT2D eigenvalue weighted by molar-refractivity contribution is 7.13. The van der Waals surface area contributed by atoms with E-state index in [1.807, 2.05) is 12.4 Å². The number of nitrogens with one attached hydrogen (secondary N) is 1.